The molecule has 98 valence electrons. The number of piperidine rings is 1. The fourth-order valence-electron chi connectivity index (χ4n) is 2.15. The Hall–Kier alpha value is -1.49. The summed E-state index contributed by atoms with van der Waals surface area (Å²) in [7, 11) is 0. The van der Waals surface area contributed by atoms with Crippen molar-refractivity contribution in [3.8, 4) is 0 Å². The van der Waals surface area contributed by atoms with Gasteiger partial charge in [0.1, 0.15) is 5.69 Å². The second-order valence-corrected chi connectivity index (χ2v) is 4.77. The number of carbonyl (C=O) groups is 1. The van der Waals surface area contributed by atoms with Crippen molar-refractivity contribution in [1.82, 2.24) is 14.9 Å². The fourth-order valence-corrected chi connectivity index (χ4v) is 2.15. The molecule has 1 fully saturated rings. The Bertz CT molecular complexity index is 386. The number of carbonyl (C=O) groups excluding carboxylic acids is 1. The normalized spacial score (nSPS) is 17.2. The number of aromatic nitrogens is 2. The van der Waals surface area contributed by atoms with Crippen molar-refractivity contribution in [3.63, 3.8) is 0 Å². The Kier molecular flexibility index (Phi) is 4.25. The molecule has 1 aromatic heterocycles. The summed E-state index contributed by atoms with van der Waals surface area (Å²) in [6.45, 7) is 5.54. The van der Waals surface area contributed by atoms with Crippen molar-refractivity contribution in [2.45, 2.75) is 38.9 Å². The first-order valence-electron chi connectivity index (χ1n) is 6.37. The molecule has 1 aromatic rings. The lowest BCUT2D eigenvalue weighted by molar-refractivity contribution is -0.0237. The molecule has 1 aliphatic rings. The summed E-state index contributed by atoms with van der Waals surface area (Å²) in [6.07, 6.45) is 6.93. The highest BCUT2D eigenvalue weighted by Gasteiger charge is 2.25. The summed E-state index contributed by atoms with van der Waals surface area (Å²) in [5.74, 6) is -0.0360. The summed E-state index contributed by atoms with van der Waals surface area (Å²) in [4.78, 5) is 21.9. The van der Waals surface area contributed by atoms with Gasteiger partial charge in [0.25, 0.3) is 5.91 Å². The zero-order valence-electron chi connectivity index (χ0n) is 10.9. The number of hydrogen-bond acceptors (Lipinski definition) is 4. The monoisotopic (exact) mass is 249 g/mol. The van der Waals surface area contributed by atoms with Crippen LogP contribution in [0.3, 0.4) is 0 Å². The van der Waals surface area contributed by atoms with E-state index in [4.69, 9.17) is 4.74 Å². The topological polar surface area (TPSA) is 55.3 Å². The van der Waals surface area contributed by atoms with E-state index in [9.17, 15) is 4.79 Å². The van der Waals surface area contributed by atoms with Gasteiger partial charge in [-0.2, -0.15) is 0 Å². The molecule has 0 spiro atoms. The number of hydrogen-bond donors (Lipinski definition) is 0. The maximum atomic E-state index is 12.1. The molecule has 1 aliphatic heterocycles. The van der Waals surface area contributed by atoms with Crippen LogP contribution in [0.4, 0.5) is 0 Å². The lowest BCUT2D eigenvalue weighted by atomic mass is 10.1. The van der Waals surface area contributed by atoms with E-state index in [1.54, 1.807) is 12.4 Å². The molecule has 5 heteroatoms. The molecule has 0 aliphatic carbocycles. The van der Waals surface area contributed by atoms with Crippen molar-refractivity contribution in [1.29, 1.82) is 0 Å². The van der Waals surface area contributed by atoms with E-state index in [0.29, 0.717) is 5.69 Å². The molecular weight excluding hydrogens is 230 g/mol. The lowest BCUT2D eigenvalue weighted by Crippen LogP contribution is -2.41. The van der Waals surface area contributed by atoms with Crippen LogP contribution in [0.15, 0.2) is 18.6 Å². The van der Waals surface area contributed by atoms with Crippen LogP contribution in [0.25, 0.3) is 0 Å². The third kappa shape index (κ3) is 3.26. The van der Waals surface area contributed by atoms with E-state index in [0.717, 1.165) is 25.9 Å². The van der Waals surface area contributed by atoms with Crippen molar-refractivity contribution >= 4 is 5.91 Å². The van der Waals surface area contributed by atoms with Crippen LogP contribution in [0, 0.1) is 0 Å². The quantitative estimate of drug-likeness (QED) is 0.814. The standard InChI is InChI=1S/C13H19N3O2/c1-10(2)18-11-3-7-16(8-4-11)13(17)12-9-14-5-6-15-12/h5-6,9-11H,3-4,7-8H2,1-2H3. The van der Waals surface area contributed by atoms with Crippen LogP contribution >= 0.6 is 0 Å². The predicted molar refractivity (Wildman–Crippen MR) is 67.2 cm³/mol. The largest absolute Gasteiger partial charge is 0.375 e. The maximum absolute atomic E-state index is 12.1. The number of ether oxygens (including phenoxy) is 1. The Morgan fingerprint density at radius 1 is 1.39 bits per heavy atom. The minimum absolute atomic E-state index is 0.0360. The average Bonchev–Trinajstić information content (AvgIpc) is 2.39. The van der Waals surface area contributed by atoms with E-state index in [2.05, 4.69) is 9.97 Å². The van der Waals surface area contributed by atoms with Crippen LogP contribution in [0.1, 0.15) is 37.2 Å². The summed E-state index contributed by atoms with van der Waals surface area (Å²) < 4.78 is 5.76. The number of likely N-dealkylation sites (tertiary alicyclic amines) is 1. The SMILES string of the molecule is CC(C)OC1CCN(C(=O)c2cnccn2)CC1. The smallest absolute Gasteiger partial charge is 0.274 e. The van der Waals surface area contributed by atoms with Gasteiger partial charge in [-0.15, -0.1) is 0 Å². The molecular formula is C13H19N3O2. The molecule has 2 heterocycles. The predicted octanol–water partition coefficient (Wildman–Crippen LogP) is 1.51. The van der Waals surface area contributed by atoms with E-state index in [1.807, 2.05) is 18.7 Å². The van der Waals surface area contributed by atoms with Crippen molar-refractivity contribution < 1.29 is 9.53 Å². The number of amides is 1. The van der Waals surface area contributed by atoms with Gasteiger partial charge >= 0.3 is 0 Å². The summed E-state index contributed by atoms with van der Waals surface area (Å²) in [6, 6.07) is 0. The van der Waals surface area contributed by atoms with Gasteiger partial charge in [0.15, 0.2) is 0 Å². The van der Waals surface area contributed by atoms with E-state index in [1.165, 1.54) is 6.20 Å². The fraction of sp³-hybridized carbons (Fsp3) is 0.615. The molecule has 1 saturated heterocycles. The molecule has 0 N–H and O–H groups in total. The van der Waals surface area contributed by atoms with Crippen LogP contribution in [-0.4, -0.2) is 46.1 Å². The first-order chi connectivity index (χ1) is 8.66. The molecule has 0 bridgehead atoms. The zero-order chi connectivity index (χ0) is 13.0. The second kappa shape index (κ2) is 5.91. The Labute approximate surface area is 107 Å². The van der Waals surface area contributed by atoms with Crippen molar-refractivity contribution in [3.05, 3.63) is 24.3 Å². The highest BCUT2D eigenvalue weighted by molar-refractivity contribution is 5.92. The molecule has 18 heavy (non-hydrogen) atoms. The average molecular weight is 249 g/mol. The second-order valence-electron chi connectivity index (χ2n) is 4.77. The minimum Gasteiger partial charge on any atom is -0.375 e. The highest BCUT2D eigenvalue weighted by atomic mass is 16.5. The van der Waals surface area contributed by atoms with Crippen LogP contribution in [0.2, 0.25) is 0 Å². The van der Waals surface area contributed by atoms with Gasteiger partial charge in [0.2, 0.25) is 0 Å². The maximum Gasteiger partial charge on any atom is 0.274 e. The van der Waals surface area contributed by atoms with Gasteiger partial charge in [-0.05, 0) is 26.7 Å². The van der Waals surface area contributed by atoms with Gasteiger partial charge < -0.3 is 9.64 Å². The lowest BCUT2D eigenvalue weighted by Gasteiger charge is -2.32. The first-order valence-corrected chi connectivity index (χ1v) is 6.37. The zero-order valence-corrected chi connectivity index (χ0v) is 10.9. The van der Waals surface area contributed by atoms with E-state index >= 15 is 0 Å². The minimum atomic E-state index is -0.0360. The van der Waals surface area contributed by atoms with Gasteiger partial charge in [-0.3, -0.25) is 9.78 Å². The van der Waals surface area contributed by atoms with Crippen LogP contribution < -0.4 is 0 Å². The van der Waals surface area contributed by atoms with Crippen molar-refractivity contribution in [2.75, 3.05) is 13.1 Å². The van der Waals surface area contributed by atoms with E-state index in [-0.39, 0.29) is 18.1 Å². The van der Waals surface area contributed by atoms with Gasteiger partial charge in [-0.25, -0.2) is 4.98 Å². The molecule has 0 saturated carbocycles. The van der Waals surface area contributed by atoms with Crippen molar-refractivity contribution in [2.24, 2.45) is 0 Å². The molecule has 0 unspecified atom stereocenters. The number of nitrogens with zero attached hydrogens (tertiary/aromatic N) is 3. The molecule has 5 nitrogen and oxygen atoms in total. The third-order valence-corrected chi connectivity index (χ3v) is 2.98. The Balaban J connectivity index is 1.88. The Morgan fingerprint density at radius 2 is 2.11 bits per heavy atom. The molecule has 0 aromatic carbocycles. The molecule has 1 amide bonds. The van der Waals surface area contributed by atoms with Gasteiger partial charge in [-0.1, -0.05) is 0 Å². The first kappa shape index (κ1) is 13.0. The van der Waals surface area contributed by atoms with Crippen LogP contribution in [-0.2, 0) is 4.74 Å². The number of rotatable bonds is 3. The summed E-state index contributed by atoms with van der Waals surface area (Å²) in [5, 5.41) is 0. The van der Waals surface area contributed by atoms with E-state index < -0.39 is 0 Å². The molecule has 0 atom stereocenters. The third-order valence-electron chi connectivity index (χ3n) is 2.98. The highest BCUT2D eigenvalue weighted by Crippen LogP contribution is 2.16. The summed E-state index contributed by atoms with van der Waals surface area (Å²) in [5.41, 5.74) is 0.417. The Morgan fingerprint density at radius 3 is 2.67 bits per heavy atom. The molecule has 2 rings (SSSR count). The summed E-state index contributed by atoms with van der Waals surface area (Å²) >= 11 is 0. The molecule has 0 radical (unpaired) electrons. The van der Waals surface area contributed by atoms with Crippen LogP contribution in [0.5, 0.6) is 0 Å². The van der Waals surface area contributed by atoms with Gasteiger partial charge in [0.05, 0.1) is 18.4 Å². The van der Waals surface area contributed by atoms with Gasteiger partial charge in [0, 0.05) is 25.5 Å².